The molecule has 0 aromatic heterocycles. The van der Waals surface area contributed by atoms with Crippen molar-refractivity contribution in [1.29, 1.82) is 0 Å². The minimum Gasteiger partial charge on any atom is -0.507 e. The second-order valence-electron chi connectivity index (χ2n) is 7.89. The number of aryl methyl sites for hydroxylation is 1. The summed E-state index contributed by atoms with van der Waals surface area (Å²) < 4.78 is 33.1. The minimum atomic E-state index is -1.23. The summed E-state index contributed by atoms with van der Waals surface area (Å²) in [5.41, 5.74) is 0.840. The molecule has 1 aliphatic heterocycles. The van der Waals surface area contributed by atoms with Gasteiger partial charge in [0.2, 0.25) is 0 Å². The third-order valence-electron chi connectivity index (χ3n) is 5.66. The fourth-order valence-electron chi connectivity index (χ4n) is 4.01. The zero-order chi connectivity index (χ0) is 25.4. The number of ether oxygens (including phenoxy) is 1. The molecule has 1 amide bonds. The molecule has 6 nitrogen and oxygen atoms in total. The number of phenolic OH excluding ortho intramolecular Hbond substituents is 1. The van der Waals surface area contributed by atoms with Crippen molar-refractivity contribution < 1.29 is 33.3 Å². The van der Waals surface area contributed by atoms with Crippen LogP contribution in [0.15, 0.2) is 60.2 Å². The number of anilines is 1. The molecule has 3 aromatic carbocycles. The number of nitrogens with zero attached hydrogens (tertiary/aromatic N) is 1. The lowest BCUT2D eigenvalue weighted by molar-refractivity contribution is -0.132. The summed E-state index contributed by atoms with van der Waals surface area (Å²) in [6.07, 6.45) is 0. The van der Waals surface area contributed by atoms with Crippen LogP contribution in [0.1, 0.15) is 29.7 Å². The molecule has 0 spiro atoms. The number of hydrogen-bond donors (Lipinski definition) is 2. The highest BCUT2D eigenvalue weighted by molar-refractivity contribution is 6.51. The van der Waals surface area contributed by atoms with Crippen molar-refractivity contribution in [2.45, 2.75) is 19.9 Å². The Labute approximate surface area is 204 Å². The zero-order valence-corrected chi connectivity index (χ0v) is 19.4. The van der Waals surface area contributed by atoms with Gasteiger partial charge in [-0.2, -0.15) is 0 Å². The van der Waals surface area contributed by atoms with Crippen molar-refractivity contribution in [3.05, 3.63) is 93.5 Å². The molecule has 1 atom stereocenters. The first-order chi connectivity index (χ1) is 16.6. The molecule has 35 heavy (non-hydrogen) atoms. The van der Waals surface area contributed by atoms with Gasteiger partial charge in [0, 0.05) is 17.3 Å². The van der Waals surface area contributed by atoms with Gasteiger partial charge in [0.1, 0.15) is 17.3 Å². The molecule has 1 fully saturated rings. The number of benzene rings is 3. The monoisotopic (exact) mass is 499 g/mol. The summed E-state index contributed by atoms with van der Waals surface area (Å²) >= 11 is 6.08. The second-order valence-corrected chi connectivity index (χ2v) is 8.30. The van der Waals surface area contributed by atoms with E-state index < -0.39 is 35.1 Å². The molecule has 4 rings (SSSR count). The van der Waals surface area contributed by atoms with Gasteiger partial charge in [-0.1, -0.05) is 17.7 Å². The van der Waals surface area contributed by atoms with E-state index in [9.17, 15) is 28.6 Å². The second kappa shape index (κ2) is 9.38. The molecule has 1 heterocycles. The molecule has 0 aliphatic carbocycles. The van der Waals surface area contributed by atoms with Crippen LogP contribution in [-0.4, -0.2) is 28.5 Å². The van der Waals surface area contributed by atoms with Crippen LogP contribution < -0.4 is 9.64 Å². The average molecular weight is 500 g/mol. The van der Waals surface area contributed by atoms with E-state index in [2.05, 4.69) is 0 Å². The number of hydrogen-bond acceptors (Lipinski definition) is 5. The van der Waals surface area contributed by atoms with E-state index >= 15 is 0 Å². The van der Waals surface area contributed by atoms with E-state index in [1.807, 2.05) is 6.92 Å². The number of ketones is 1. The van der Waals surface area contributed by atoms with Crippen molar-refractivity contribution in [2.75, 3.05) is 11.5 Å². The number of aromatic hydroxyl groups is 1. The van der Waals surface area contributed by atoms with Crippen LogP contribution >= 0.6 is 11.6 Å². The predicted octanol–water partition coefficient (Wildman–Crippen LogP) is 5.66. The Bertz CT molecular complexity index is 1390. The molecule has 9 heteroatoms. The quantitative estimate of drug-likeness (QED) is 0.269. The SMILES string of the molecule is CCOc1ccc(/C(O)=C2\C(=O)C(=O)N(c3ccc(F)c(F)c3)C2c2ccc(O)c(Cl)c2)cc1C. The number of carbonyl (C=O) groups is 2. The van der Waals surface area contributed by atoms with Crippen LogP contribution in [-0.2, 0) is 9.59 Å². The maximum atomic E-state index is 14.0. The Kier molecular flexibility index (Phi) is 6.49. The standard InChI is InChI=1S/C26H20ClF2NO5/c1-3-35-21-9-5-15(10-13(21)2)24(32)22-23(14-4-8-20(31)17(27)11-14)30(26(34)25(22)33)16-6-7-18(28)19(29)12-16/h4-12,23,31-32H,3H2,1-2H3/b24-22+. The molecule has 2 N–H and O–H groups in total. The summed E-state index contributed by atoms with van der Waals surface area (Å²) in [6.45, 7) is 4.03. The van der Waals surface area contributed by atoms with E-state index in [1.54, 1.807) is 25.1 Å². The third-order valence-corrected chi connectivity index (χ3v) is 5.96. The lowest BCUT2D eigenvalue weighted by Crippen LogP contribution is -2.29. The van der Waals surface area contributed by atoms with Crippen molar-refractivity contribution in [3.8, 4) is 11.5 Å². The zero-order valence-electron chi connectivity index (χ0n) is 18.7. The van der Waals surface area contributed by atoms with Crippen LogP contribution in [0.5, 0.6) is 11.5 Å². The summed E-state index contributed by atoms with van der Waals surface area (Å²) in [4.78, 5) is 27.2. The van der Waals surface area contributed by atoms with Gasteiger partial charge in [-0.05, 0) is 67.4 Å². The number of Topliss-reactive ketones (excluding diaryl/α,β-unsaturated/α-hetero) is 1. The van der Waals surface area contributed by atoms with E-state index in [1.165, 1.54) is 18.2 Å². The Hall–Kier alpha value is -3.91. The van der Waals surface area contributed by atoms with E-state index in [0.29, 0.717) is 17.9 Å². The molecular weight excluding hydrogens is 480 g/mol. The molecule has 0 bridgehead atoms. The van der Waals surface area contributed by atoms with Crippen molar-refractivity contribution in [3.63, 3.8) is 0 Å². The normalized spacial score (nSPS) is 17.2. The van der Waals surface area contributed by atoms with Gasteiger partial charge < -0.3 is 14.9 Å². The van der Waals surface area contributed by atoms with Gasteiger partial charge in [-0.3, -0.25) is 14.5 Å². The summed E-state index contributed by atoms with van der Waals surface area (Å²) in [7, 11) is 0. The molecule has 1 saturated heterocycles. The minimum absolute atomic E-state index is 0.0599. The van der Waals surface area contributed by atoms with Crippen LogP contribution in [0.3, 0.4) is 0 Å². The topological polar surface area (TPSA) is 87.1 Å². The number of amides is 1. The van der Waals surface area contributed by atoms with Gasteiger partial charge in [0.25, 0.3) is 11.7 Å². The molecule has 1 unspecified atom stereocenters. The van der Waals surface area contributed by atoms with Crippen LogP contribution in [0, 0.1) is 18.6 Å². The summed E-state index contributed by atoms with van der Waals surface area (Å²) in [5.74, 6) is -4.51. The first kappa shape index (κ1) is 24.2. The van der Waals surface area contributed by atoms with E-state index in [4.69, 9.17) is 16.3 Å². The van der Waals surface area contributed by atoms with E-state index in [-0.39, 0.29) is 33.2 Å². The van der Waals surface area contributed by atoms with Gasteiger partial charge in [0.15, 0.2) is 11.6 Å². The fourth-order valence-corrected chi connectivity index (χ4v) is 4.20. The Morgan fingerprint density at radius 2 is 1.80 bits per heavy atom. The summed E-state index contributed by atoms with van der Waals surface area (Å²) in [6, 6.07) is 10.3. The number of phenols is 1. The largest absolute Gasteiger partial charge is 0.507 e. The first-order valence-electron chi connectivity index (χ1n) is 10.6. The summed E-state index contributed by atoms with van der Waals surface area (Å²) in [5, 5.41) is 21.0. The van der Waals surface area contributed by atoms with Crippen LogP contribution in [0.25, 0.3) is 5.76 Å². The number of carbonyl (C=O) groups excluding carboxylic acids is 2. The lowest BCUT2D eigenvalue weighted by atomic mass is 9.94. The highest BCUT2D eigenvalue weighted by Gasteiger charge is 2.47. The highest BCUT2D eigenvalue weighted by atomic mass is 35.5. The number of rotatable bonds is 5. The molecule has 0 radical (unpaired) electrons. The molecular formula is C26H20ClF2NO5. The van der Waals surface area contributed by atoms with Crippen molar-refractivity contribution in [2.24, 2.45) is 0 Å². The van der Waals surface area contributed by atoms with Crippen LogP contribution in [0.2, 0.25) is 5.02 Å². The number of aliphatic hydroxyl groups is 1. The van der Waals surface area contributed by atoms with E-state index in [0.717, 1.165) is 23.1 Å². The first-order valence-corrected chi connectivity index (χ1v) is 11.0. The maximum Gasteiger partial charge on any atom is 0.300 e. The highest BCUT2D eigenvalue weighted by Crippen LogP contribution is 2.44. The molecule has 3 aromatic rings. The third kappa shape index (κ3) is 4.33. The molecule has 180 valence electrons. The van der Waals surface area contributed by atoms with Gasteiger partial charge >= 0.3 is 0 Å². The van der Waals surface area contributed by atoms with Gasteiger partial charge in [-0.15, -0.1) is 0 Å². The van der Waals surface area contributed by atoms with Crippen molar-refractivity contribution in [1.82, 2.24) is 0 Å². The number of halogens is 3. The lowest BCUT2D eigenvalue weighted by Gasteiger charge is -2.26. The Morgan fingerprint density at radius 3 is 2.43 bits per heavy atom. The van der Waals surface area contributed by atoms with Gasteiger partial charge in [-0.25, -0.2) is 8.78 Å². The maximum absolute atomic E-state index is 14.0. The average Bonchev–Trinajstić information content (AvgIpc) is 3.09. The molecule has 0 saturated carbocycles. The fraction of sp³-hybridized carbons (Fsp3) is 0.154. The van der Waals surface area contributed by atoms with Crippen LogP contribution in [0.4, 0.5) is 14.5 Å². The Morgan fingerprint density at radius 1 is 1.06 bits per heavy atom. The Balaban J connectivity index is 1.94. The smallest absolute Gasteiger partial charge is 0.300 e. The van der Waals surface area contributed by atoms with Crippen molar-refractivity contribution >= 4 is 34.7 Å². The van der Waals surface area contributed by atoms with Gasteiger partial charge in [0.05, 0.1) is 23.2 Å². The number of aliphatic hydroxyl groups excluding tert-OH is 1. The molecule has 1 aliphatic rings. The predicted molar refractivity (Wildman–Crippen MR) is 127 cm³/mol.